The van der Waals surface area contributed by atoms with E-state index in [-0.39, 0.29) is 6.61 Å². The van der Waals surface area contributed by atoms with Gasteiger partial charge in [0.1, 0.15) is 18.6 Å². The molecule has 0 amide bonds. The summed E-state index contributed by atoms with van der Waals surface area (Å²) in [6, 6.07) is 22.2. The van der Waals surface area contributed by atoms with E-state index < -0.39 is 18.0 Å². The molecular weight excluding hydrogens is 356 g/mol. The fourth-order valence-corrected chi connectivity index (χ4v) is 2.87. The Balaban J connectivity index is 1.91. The molecule has 0 spiro atoms. The van der Waals surface area contributed by atoms with E-state index >= 15 is 0 Å². The molecule has 144 valence electrons. The highest BCUT2D eigenvalue weighted by molar-refractivity contribution is 5.79. The Morgan fingerprint density at radius 3 is 2.29 bits per heavy atom. The van der Waals surface area contributed by atoms with Gasteiger partial charge in [-0.25, -0.2) is 9.78 Å². The summed E-state index contributed by atoms with van der Waals surface area (Å²) < 4.78 is 5.58. The number of rotatable bonds is 8. The van der Waals surface area contributed by atoms with Gasteiger partial charge >= 0.3 is 5.97 Å². The molecule has 0 aliphatic heterocycles. The van der Waals surface area contributed by atoms with E-state index in [1.54, 1.807) is 12.1 Å². The standard InChI is InChI=1S/C22H22N2O4/c1-26-28-21(17-10-6-3-7-11-17)20(19-13-12-18(23)14-24-19)22(25)27-15-16-8-4-2-5-9-16/h2-14,20-21H,15,23H2,1H3. The zero-order valence-corrected chi connectivity index (χ0v) is 15.5. The first kappa shape index (κ1) is 19.5. The summed E-state index contributed by atoms with van der Waals surface area (Å²) in [5, 5.41) is 0. The molecule has 0 aliphatic carbocycles. The first-order chi connectivity index (χ1) is 13.7. The fraction of sp³-hybridized carbons (Fsp3) is 0.182. The number of nitrogen functional groups attached to an aromatic ring is 1. The second-order valence-corrected chi connectivity index (χ2v) is 6.18. The number of hydrogen-bond acceptors (Lipinski definition) is 6. The lowest BCUT2D eigenvalue weighted by Crippen LogP contribution is -2.25. The van der Waals surface area contributed by atoms with Crippen LogP contribution in [0.25, 0.3) is 0 Å². The Labute approximate surface area is 163 Å². The van der Waals surface area contributed by atoms with Crippen molar-refractivity contribution in [2.24, 2.45) is 0 Å². The van der Waals surface area contributed by atoms with Crippen molar-refractivity contribution in [3.8, 4) is 0 Å². The van der Waals surface area contributed by atoms with Crippen LogP contribution in [0.1, 0.15) is 28.8 Å². The molecule has 0 radical (unpaired) electrons. The van der Waals surface area contributed by atoms with E-state index in [9.17, 15) is 4.79 Å². The third-order valence-corrected chi connectivity index (χ3v) is 4.24. The number of nitrogens with two attached hydrogens (primary N) is 1. The Morgan fingerprint density at radius 2 is 1.68 bits per heavy atom. The fourth-order valence-electron chi connectivity index (χ4n) is 2.87. The maximum absolute atomic E-state index is 13.1. The first-order valence-corrected chi connectivity index (χ1v) is 8.85. The predicted molar refractivity (Wildman–Crippen MR) is 105 cm³/mol. The maximum atomic E-state index is 13.1. The van der Waals surface area contributed by atoms with Gasteiger partial charge in [0, 0.05) is 0 Å². The number of hydrogen-bond donors (Lipinski definition) is 1. The molecule has 1 aromatic heterocycles. The van der Waals surface area contributed by atoms with Gasteiger partial charge < -0.3 is 10.5 Å². The van der Waals surface area contributed by atoms with Gasteiger partial charge in [0.05, 0.1) is 24.7 Å². The van der Waals surface area contributed by atoms with E-state index in [2.05, 4.69) is 4.98 Å². The average molecular weight is 378 g/mol. The molecule has 2 atom stereocenters. The Kier molecular flexibility index (Phi) is 6.73. The number of nitrogens with zero attached hydrogens (tertiary/aromatic N) is 1. The summed E-state index contributed by atoms with van der Waals surface area (Å²) in [6.07, 6.45) is 0.771. The quantitative estimate of drug-likeness (QED) is 0.365. The average Bonchev–Trinajstić information content (AvgIpc) is 2.74. The minimum atomic E-state index is -0.827. The van der Waals surface area contributed by atoms with Crippen LogP contribution in [0.4, 0.5) is 5.69 Å². The molecule has 2 unspecified atom stereocenters. The minimum Gasteiger partial charge on any atom is -0.460 e. The highest BCUT2D eigenvalue weighted by atomic mass is 17.2. The Hall–Kier alpha value is -3.22. The second-order valence-electron chi connectivity index (χ2n) is 6.18. The molecule has 2 aromatic carbocycles. The molecule has 0 aliphatic rings. The van der Waals surface area contributed by atoms with Crippen LogP contribution < -0.4 is 5.73 Å². The van der Waals surface area contributed by atoms with Crippen LogP contribution in [0.15, 0.2) is 79.0 Å². The van der Waals surface area contributed by atoms with Crippen molar-refractivity contribution in [2.75, 3.05) is 12.8 Å². The van der Waals surface area contributed by atoms with Crippen LogP contribution in [0.3, 0.4) is 0 Å². The number of carbonyl (C=O) groups is 1. The molecule has 2 N–H and O–H groups in total. The lowest BCUT2D eigenvalue weighted by Gasteiger charge is -2.24. The summed E-state index contributed by atoms with van der Waals surface area (Å²) in [5.41, 5.74) is 8.40. The van der Waals surface area contributed by atoms with E-state index in [4.69, 9.17) is 20.2 Å². The summed E-state index contributed by atoms with van der Waals surface area (Å²) in [6.45, 7) is 0.152. The van der Waals surface area contributed by atoms with Gasteiger partial charge in [-0.2, -0.15) is 0 Å². The normalized spacial score (nSPS) is 12.9. The van der Waals surface area contributed by atoms with Crippen molar-refractivity contribution in [3.05, 3.63) is 95.8 Å². The third kappa shape index (κ3) is 4.94. The van der Waals surface area contributed by atoms with Crippen molar-refractivity contribution in [3.63, 3.8) is 0 Å². The van der Waals surface area contributed by atoms with Crippen LogP contribution in [0.2, 0.25) is 0 Å². The van der Waals surface area contributed by atoms with Gasteiger partial charge in [0.2, 0.25) is 0 Å². The van der Waals surface area contributed by atoms with Crippen molar-refractivity contribution < 1.29 is 19.3 Å². The van der Waals surface area contributed by atoms with Crippen molar-refractivity contribution in [2.45, 2.75) is 18.6 Å². The SMILES string of the molecule is COOC(c1ccccc1)C(C(=O)OCc1ccccc1)c1ccc(N)cn1. The van der Waals surface area contributed by atoms with Gasteiger partial charge in [-0.05, 0) is 23.3 Å². The monoisotopic (exact) mass is 378 g/mol. The molecule has 28 heavy (non-hydrogen) atoms. The highest BCUT2D eigenvalue weighted by Gasteiger charge is 2.35. The predicted octanol–water partition coefficient (Wildman–Crippen LogP) is 3.81. The largest absolute Gasteiger partial charge is 0.460 e. The van der Waals surface area contributed by atoms with Gasteiger partial charge in [-0.15, -0.1) is 0 Å². The lowest BCUT2D eigenvalue weighted by atomic mass is 9.92. The van der Waals surface area contributed by atoms with Crippen LogP contribution in [0.5, 0.6) is 0 Å². The first-order valence-electron chi connectivity index (χ1n) is 8.85. The number of aromatic nitrogens is 1. The zero-order valence-electron chi connectivity index (χ0n) is 15.5. The molecule has 0 fully saturated rings. The molecule has 6 heteroatoms. The number of pyridine rings is 1. The topological polar surface area (TPSA) is 83.7 Å². The molecule has 0 saturated carbocycles. The van der Waals surface area contributed by atoms with Crippen molar-refractivity contribution >= 4 is 11.7 Å². The molecule has 3 aromatic rings. The molecule has 0 saturated heterocycles. The summed E-state index contributed by atoms with van der Waals surface area (Å²) in [5.74, 6) is -1.29. The van der Waals surface area contributed by atoms with E-state index in [1.165, 1.54) is 13.3 Å². The summed E-state index contributed by atoms with van der Waals surface area (Å²) in [7, 11) is 1.40. The third-order valence-electron chi connectivity index (χ3n) is 4.24. The zero-order chi connectivity index (χ0) is 19.8. The molecule has 3 rings (SSSR count). The van der Waals surface area contributed by atoms with Crippen LogP contribution >= 0.6 is 0 Å². The van der Waals surface area contributed by atoms with E-state index in [0.717, 1.165) is 11.1 Å². The number of carbonyl (C=O) groups excluding carboxylic acids is 1. The van der Waals surface area contributed by atoms with Gasteiger partial charge in [-0.3, -0.25) is 9.78 Å². The summed E-state index contributed by atoms with van der Waals surface area (Å²) >= 11 is 0. The number of anilines is 1. The minimum absolute atomic E-state index is 0.152. The summed E-state index contributed by atoms with van der Waals surface area (Å²) in [4.78, 5) is 27.8. The molecule has 0 bridgehead atoms. The number of benzene rings is 2. The van der Waals surface area contributed by atoms with Gasteiger partial charge in [-0.1, -0.05) is 60.7 Å². The van der Waals surface area contributed by atoms with Crippen LogP contribution in [-0.4, -0.2) is 18.1 Å². The number of ether oxygens (including phenoxy) is 1. The smallest absolute Gasteiger partial charge is 0.318 e. The van der Waals surface area contributed by atoms with Crippen molar-refractivity contribution in [1.29, 1.82) is 0 Å². The lowest BCUT2D eigenvalue weighted by molar-refractivity contribution is -0.312. The van der Waals surface area contributed by atoms with Crippen LogP contribution in [-0.2, 0) is 25.9 Å². The Morgan fingerprint density at radius 1 is 1.00 bits per heavy atom. The number of esters is 1. The maximum Gasteiger partial charge on any atom is 0.318 e. The van der Waals surface area contributed by atoms with Gasteiger partial charge in [0.15, 0.2) is 0 Å². The van der Waals surface area contributed by atoms with Crippen LogP contribution in [0, 0.1) is 0 Å². The Bertz CT molecular complexity index is 870. The molecule has 6 nitrogen and oxygen atoms in total. The van der Waals surface area contributed by atoms with E-state index in [0.29, 0.717) is 11.4 Å². The molecule has 1 heterocycles. The second kappa shape index (κ2) is 9.64. The van der Waals surface area contributed by atoms with Gasteiger partial charge in [0.25, 0.3) is 0 Å². The van der Waals surface area contributed by atoms with Crippen molar-refractivity contribution in [1.82, 2.24) is 4.98 Å². The highest BCUT2D eigenvalue weighted by Crippen LogP contribution is 2.35. The van der Waals surface area contributed by atoms with E-state index in [1.807, 2.05) is 60.7 Å². The molecular formula is C22H22N2O4.